The number of ether oxygens (including phenoxy) is 3. The first-order valence-corrected chi connectivity index (χ1v) is 14.9. The van der Waals surface area contributed by atoms with Crippen LogP contribution in [-0.4, -0.2) is 48.4 Å². The Balaban J connectivity index is 1.50. The van der Waals surface area contributed by atoms with Crippen LogP contribution >= 0.6 is 0 Å². The molecule has 43 heavy (non-hydrogen) atoms. The third-order valence-corrected chi connectivity index (χ3v) is 8.29. The van der Waals surface area contributed by atoms with Gasteiger partial charge in [0.25, 0.3) is 0 Å². The van der Waals surface area contributed by atoms with E-state index >= 15 is 4.39 Å². The van der Waals surface area contributed by atoms with Crippen molar-refractivity contribution in [3.8, 4) is 17.2 Å². The summed E-state index contributed by atoms with van der Waals surface area (Å²) in [4.78, 5) is 28.4. The highest BCUT2D eigenvalue weighted by molar-refractivity contribution is 5.94. The molecule has 1 fully saturated rings. The third kappa shape index (κ3) is 6.32. The van der Waals surface area contributed by atoms with Crippen LogP contribution in [0.5, 0.6) is 17.2 Å². The number of likely N-dealkylation sites (tertiary alicyclic amines) is 1. The Morgan fingerprint density at radius 3 is 2.28 bits per heavy atom. The lowest BCUT2D eigenvalue weighted by Crippen LogP contribution is -2.35. The van der Waals surface area contributed by atoms with Gasteiger partial charge in [-0.1, -0.05) is 50.6 Å². The summed E-state index contributed by atoms with van der Waals surface area (Å²) >= 11 is 0. The number of nitrogens with zero attached hydrogens (tertiary/aromatic N) is 1. The number of rotatable bonds is 11. The van der Waals surface area contributed by atoms with E-state index in [2.05, 4.69) is 31.3 Å². The molecule has 3 atom stereocenters. The van der Waals surface area contributed by atoms with Crippen molar-refractivity contribution in [1.82, 2.24) is 4.90 Å². The predicted molar refractivity (Wildman–Crippen MR) is 161 cm³/mol. The highest BCUT2D eigenvalue weighted by atomic mass is 19.1. The maximum atomic E-state index is 15.5. The lowest BCUT2D eigenvalue weighted by atomic mass is 9.82. The van der Waals surface area contributed by atoms with Crippen LogP contribution in [0.4, 0.5) is 10.1 Å². The van der Waals surface area contributed by atoms with Gasteiger partial charge in [-0.3, -0.25) is 14.5 Å². The first-order valence-electron chi connectivity index (χ1n) is 14.9. The van der Waals surface area contributed by atoms with Crippen molar-refractivity contribution in [3.63, 3.8) is 0 Å². The van der Waals surface area contributed by atoms with E-state index in [-0.39, 0.29) is 37.1 Å². The van der Waals surface area contributed by atoms with Crippen LogP contribution < -0.4 is 19.5 Å². The van der Waals surface area contributed by atoms with Crippen molar-refractivity contribution < 1.29 is 33.3 Å². The Kier molecular flexibility index (Phi) is 9.20. The third-order valence-electron chi connectivity index (χ3n) is 8.29. The fraction of sp³-hybridized carbons (Fsp3) is 0.412. The highest BCUT2D eigenvalue weighted by Gasteiger charge is 2.49. The van der Waals surface area contributed by atoms with E-state index in [9.17, 15) is 14.7 Å². The van der Waals surface area contributed by atoms with Gasteiger partial charge in [0.05, 0.1) is 19.1 Å². The molecule has 1 amide bonds. The number of carboxylic acid groups (broad SMARTS) is 1. The molecule has 0 radical (unpaired) electrons. The van der Waals surface area contributed by atoms with Crippen molar-refractivity contribution >= 4 is 17.6 Å². The molecule has 0 spiro atoms. The van der Waals surface area contributed by atoms with E-state index in [0.29, 0.717) is 23.7 Å². The van der Waals surface area contributed by atoms with Crippen LogP contribution in [-0.2, 0) is 22.4 Å². The van der Waals surface area contributed by atoms with Gasteiger partial charge in [0.1, 0.15) is 11.6 Å². The summed E-state index contributed by atoms with van der Waals surface area (Å²) in [5.74, 6) is -2.30. The number of aryl methyl sites for hydroxylation is 3. The summed E-state index contributed by atoms with van der Waals surface area (Å²) in [5, 5.41) is 13.7. The summed E-state index contributed by atoms with van der Waals surface area (Å²) in [6, 6.07) is 13.5. The maximum Gasteiger partial charge on any atom is 0.309 e. The zero-order chi connectivity index (χ0) is 30.7. The summed E-state index contributed by atoms with van der Waals surface area (Å²) in [6.45, 7) is 8.81. The molecule has 2 N–H and O–H groups in total. The van der Waals surface area contributed by atoms with Gasteiger partial charge in [0.2, 0.25) is 12.7 Å². The molecule has 3 aromatic rings. The van der Waals surface area contributed by atoms with Gasteiger partial charge in [-0.15, -0.1) is 0 Å². The number of nitrogens with one attached hydrogen (secondary N) is 1. The van der Waals surface area contributed by atoms with Crippen LogP contribution in [0, 0.1) is 18.7 Å². The van der Waals surface area contributed by atoms with Gasteiger partial charge in [-0.25, -0.2) is 4.39 Å². The Morgan fingerprint density at radius 1 is 1.02 bits per heavy atom. The molecule has 5 rings (SSSR count). The number of aliphatic carboxylic acids is 1. The second-order valence-electron chi connectivity index (χ2n) is 11.2. The average molecular weight is 591 g/mol. The largest absolute Gasteiger partial charge is 0.494 e. The molecular formula is C34H39FN2O6. The van der Waals surface area contributed by atoms with Gasteiger partial charge in [-0.2, -0.15) is 0 Å². The molecule has 228 valence electrons. The summed E-state index contributed by atoms with van der Waals surface area (Å²) in [5.41, 5.74) is 4.99. The smallest absolute Gasteiger partial charge is 0.309 e. The Hall–Kier alpha value is -4.11. The SMILES string of the molecule is CCCOc1ccc([C@H]2C(C(=O)O)[C@@H](c3cc4c(cc3F)OCO4)CN2CC(=O)Nc2c(CC)cc(C)cc2CC)cc1. The summed E-state index contributed by atoms with van der Waals surface area (Å²) < 4.78 is 32.0. The molecule has 2 aliphatic rings. The zero-order valence-corrected chi connectivity index (χ0v) is 25.1. The van der Waals surface area contributed by atoms with Crippen molar-refractivity contribution in [2.75, 3.05) is 31.8 Å². The predicted octanol–water partition coefficient (Wildman–Crippen LogP) is 6.26. The monoisotopic (exact) mass is 590 g/mol. The van der Waals surface area contributed by atoms with Gasteiger partial charge in [-0.05, 0) is 66.6 Å². The quantitative estimate of drug-likeness (QED) is 0.272. The van der Waals surface area contributed by atoms with Crippen LogP contribution in [0.15, 0.2) is 48.5 Å². The second kappa shape index (κ2) is 13.0. The van der Waals surface area contributed by atoms with Crippen LogP contribution in [0.1, 0.15) is 67.0 Å². The topological polar surface area (TPSA) is 97.3 Å². The fourth-order valence-corrected chi connectivity index (χ4v) is 6.33. The molecule has 1 unspecified atom stereocenters. The number of hydrogen-bond acceptors (Lipinski definition) is 6. The Morgan fingerprint density at radius 2 is 1.67 bits per heavy atom. The Bertz CT molecular complexity index is 1470. The number of halogens is 1. The minimum Gasteiger partial charge on any atom is -0.494 e. The zero-order valence-electron chi connectivity index (χ0n) is 25.1. The van der Waals surface area contributed by atoms with E-state index < -0.39 is 29.7 Å². The van der Waals surface area contributed by atoms with Crippen LogP contribution in [0.2, 0.25) is 0 Å². The average Bonchev–Trinajstić information content (AvgIpc) is 3.60. The van der Waals surface area contributed by atoms with Gasteiger partial charge in [0, 0.05) is 30.3 Å². The number of benzene rings is 3. The highest BCUT2D eigenvalue weighted by Crippen LogP contribution is 2.48. The van der Waals surface area contributed by atoms with Gasteiger partial charge < -0.3 is 24.6 Å². The molecule has 0 aromatic heterocycles. The number of carbonyl (C=O) groups excluding carboxylic acids is 1. The molecule has 3 aromatic carbocycles. The van der Waals surface area contributed by atoms with Crippen molar-refractivity contribution in [1.29, 1.82) is 0 Å². The van der Waals surface area contributed by atoms with E-state index in [1.54, 1.807) is 0 Å². The van der Waals surface area contributed by atoms with Crippen molar-refractivity contribution in [3.05, 3.63) is 82.2 Å². The first kappa shape index (κ1) is 30.4. The normalized spacial score (nSPS) is 19.4. The lowest BCUT2D eigenvalue weighted by molar-refractivity contribution is -0.143. The van der Waals surface area contributed by atoms with E-state index in [4.69, 9.17) is 14.2 Å². The fourth-order valence-electron chi connectivity index (χ4n) is 6.33. The van der Waals surface area contributed by atoms with E-state index in [0.717, 1.165) is 41.6 Å². The van der Waals surface area contributed by atoms with E-state index in [1.165, 1.54) is 12.1 Å². The van der Waals surface area contributed by atoms with Crippen LogP contribution in [0.3, 0.4) is 0 Å². The standard InChI is InChI=1S/C34H39FN2O6/c1-5-12-41-24-10-8-23(9-11-24)33-31(34(39)40)26(25-15-28-29(16-27(25)35)43-19-42-28)17-37(33)18-30(38)36-32-21(6-2)13-20(4)14-22(32)7-3/h8-11,13-16,26,31,33H,5-7,12,17-19H2,1-4H3,(H,36,38)(H,39,40)/t26-,31?,33+/m1/s1. The molecule has 0 aliphatic carbocycles. The van der Waals surface area contributed by atoms with Crippen LogP contribution in [0.25, 0.3) is 0 Å². The number of fused-ring (bicyclic) bond motifs is 1. The molecular weight excluding hydrogens is 551 g/mol. The molecule has 1 saturated heterocycles. The maximum absolute atomic E-state index is 15.5. The number of anilines is 1. The minimum absolute atomic E-state index is 0.0227. The molecule has 2 heterocycles. The second-order valence-corrected chi connectivity index (χ2v) is 11.2. The molecule has 8 nitrogen and oxygen atoms in total. The molecule has 2 aliphatic heterocycles. The number of hydrogen-bond donors (Lipinski definition) is 2. The van der Waals surface area contributed by atoms with Crippen molar-refractivity contribution in [2.45, 2.75) is 58.9 Å². The van der Waals surface area contributed by atoms with Gasteiger partial charge in [0.15, 0.2) is 11.5 Å². The number of carbonyl (C=O) groups is 2. The minimum atomic E-state index is -1.07. The number of amides is 1. The molecule has 0 saturated carbocycles. The summed E-state index contributed by atoms with van der Waals surface area (Å²) in [6.07, 6.45) is 2.38. The van der Waals surface area contributed by atoms with E-state index in [1.807, 2.05) is 43.0 Å². The lowest BCUT2D eigenvalue weighted by Gasteiger charge is -2.27. The van der Waals surface area contributed by atoms with Crippen molar-refractivity contribution in [2.24, 2.45) is 5.92 Å². The van der Waals surface area contributed by atoms with Gasteiger partial charge >= 0.3 is 5.97 Å². The molecule has 0 bridgehead atoms. The Labute approximate surface area is 251 Å². The number of carboxylic acids is 1. The summed E-state index contributed by atoms with van der Waals surface area (Å²) in [7, 11) is 0. The first-order chi connectivity index (χ1) is 20.7. The molecule has 9 heteroatoms.